The third-order valence-corrected chi connectivity index (χ3v) is 7.58. The van der Waals surface area contributed by atoms with Gasteiger partial charge in [0.2, 0.25) is 5.91 Å². The zero-order valence-electron chi connectivity index (χ0n) is 22.7. The highest BCUT2D eigenvalue weighted by atomic mass is 16.5. The van der Waals surface area contributed by atoms with Crippen molar-refractivity contribution in [3.05, 3.63) is 114 Å². The summed E-state index contributed by atoms with van der Waals surface area (Å²) in [5, 5.41) is 8.71. The smallest absolute Gasteiger partial charge is 0.245 e. The molecule has 0 aliphatic carbocycles. The number of ether oxygens (including phenoxy) is 1. The SMILES string of the molecule is COc1cc(-c2cn(CC(=O)N3C(c4ccccc4)CCCC3c3ccccc3)nn2)ccc1-n1cnc(C)c1. The van der Waals surface area contributed by atoms with Crippen molar-refractivity contribution in [1.82, 2.24) is 29.4 Å². The van der Waals surface area contributed by atoms with Crippen LogP contribution in [0.5, 0.6) is 5.75 Å². The Morgan fingerprint density at radius 3 is 2.20 bits per heavy atom. The van der Waals surface area contributed by atoms with E-state index in [9.17, 15) is 4.79 Å². The van der Waals surface area contributed by atoms with Gasteiger partial charge in [-0.3, -0.25) is 4.79 Å². The van der Waals surface area contributed by atoms with Gasteiger partial charge >= 0.3 is 0 Å². The molecule has 2 aromatic heterocycles. The number of amides is 1. The number of hydrogen-bond acceptors (Lipinski definition) is 5. The molecule has 2 atom stereocenters. The van der Waals surface area contributed by atoms with E-state index >= 15 is 0 Å². The molecule has 1 saturated heterocycles. The van der Waals surface area contributed by atoms with Crippen molar-refractivity contribution in [2.45, 2.75) is 44.8 Å². The Hall–Kier alpha value is -4.72. The number of benzene rings is 3. The number of methoxy groups -OCH3 is 1. The van der Waals surface area contributed by atoms with Gasteiger partial charge in [-0.1, -0.05) is 71.9 Å². The number of carbonyl (C=O) groups is 1. The van der Waals surface area contributed by atoms with Crippen LogP contribution in [-0.4, -0.2) is 42.5 Å². The van der Waals surface area contributed by atoms with Crippen LogP contribution in [0, 0.1) is 6.92 Å². The lowest BCUT2D eigenvalue weighted by Crippen LogP contribution is -2.42. The van der Waals surface area contributed by atoms with Crippen LogP contribution in [0.3, 0.4) is 0 Å². The highest BCUT2D eigenvalue weighted by Crippen LogP contribution is 2.42. The Morgan fingerprint density at radius 2 is 1.60 bits per heavy atom. The van der Waals surface area contributed by atoms with Crippen LogP contribution in [0.1, 0.15) is 48.2 Å². The van der Waals surface area contributed by atoms with Crippen LogP contribution < -0.4 is 4.74 Å². The van der Waals surface area contributed by atoms with Gasteiger partial charge in [0.25, 0.3) is 0 Å². The minimum Gasteiger partial charge on any atom is -0.495 e. The van der Waals surface area contributed by atoms with E-state index in [1.54, 1.807) is 18.1 Å². The van der Waals surface area contributed by atoms with Crippen LogP contribution in [0.2, 0.25) is 0 Å². The van der Waals surface area contributed by atoms with Crippen LogP contribution in [0.25, 0.3) is 16.9 Å². The average Bonchev–Trinajstić information content (AvgIpc) is 3.66. The summed E-state index contributed by atoms with van der Waals surface area (Å²) in [4.78, 5) is 20.4. The van der Waals surface area contributed by atoms with Crippen LogP contribution >= 0.6 is 0 Å². The number of piperidine rings is 1. The lowest BCUT2D eigenvalue weighted by atomic mass is 9.87. The minimum absolute atomic E-state index is 0.0132. The van der Waals surface area contributed by atoms with E-state index in [2.05, 4.69) is 44.5 Å². The summed E-state index contributed by atoms with van der Waals surface area (Å²) >= 11 is 0. The number of carbonyl (C=O) groups excluding carboxylic acids is 1. The van der Waals surface area contributed by atoms with E-state index in [4.69, 9.17) is 4.74 Å². The first-order valence-electron chi connectivity index (χ1n) is 13.6. The molecule has 8 heteroatoms. The molecular weight excluding hydrogens is 500 g/mol. The first-order valence-corrected chi connectivity index (χ1v) is 13.6. The molecule has 8 nitrogen and oxygen atoms in total. The second-order valence-electron chi connectivity index (χ2n) is 10.2. The summed E-state index contributed by atoms with van der Waals surface area (Å²) in [6.07, 6.45) is 8.47. The van der Waals surface area contributed by atoms with Crippen molar-refractivity contribution in [2.24, 2.45) is 0 Å². The topological polar surface area (TPSA) is 78.1 Å². The molecular formula is C32H32N6O2. The molecule has 1 aliphatic heterocycles. The Balaban J connectivity index is 1.27. The lowest BCUT2D eigenvalue weighted by Gasteiger charge is -2.43. The van der Waals surface area contributed by atoms with E-state index in [0.717, 1.165) is 47.3 Å². The van der Waals surface area contributed by atoms with Crippen LogP contribution in [0.15, 0.2) is 97.6 Å². The molecule has 0 N–H and O–H groups in total. The zero-order chi connectivity index (χ0) is 27.5. The van der Waals surface area contributed by atoms with Gasteiger partial charge in [-0.25, -0.2) is 9.67 Å². The van der Waals surface area contributed by atoms with Crippen molar-refractivity contribution >= 4 is 5.91 Å². The predicted molar refractivity (Wildman–Crippen MR) is 153 cm³/mol. The van der Waals surface area contributed by atoms with E-state index < -0.39 is 0 Å². The number of rotatable bonds is 7. The van der Waals surface area contributed by atoms with E-state index in [1.165, 1.54) is 0 Å². The van der Waals surface area contributed by atoms with Crippen molar-refractivity contribution in [3.8, 4) is 22.7 Å². The molecule has 202 valence electrons. The predicted octanol–water partition coefficient (Wildman–Crippen LogP) is 5.94. The van der Waals surface area contributed by atoms with Crippen LogP contribution in [-0.2, 0) is 11.3 Å². The standard InChI is InChI=1S/C32H32N6O2/c1-23-19-36(22-33-23)30-17-16-26(18-31(30)40-2)27-20-37(35-34-27)21-32(39)38-28(24-10-5-3-6-11-24)14-9-15-29(38)25-12-7-4-8-13-25/h3-8,10-13,16-20,22,28-29H,9,14-15,21H2,1-2H3. The summed E-state index contributed by atoms with van der Waals surface area (Å²) in [7, 11) is 1.65. The first kappa shape index (κ1) is 25.6. The normalized spacial score (nSPS) is 17.1. The lowest BCUT2D eigenvalue weighted by molar-refractivity contribution is -0.139. The van der Waals surface area contributed by atoms with Crippen molar-refractivity contribution < 1.29 is 9.53 Å². The highest BCUT2D eigenvalue weighted by Gasteiger charge is 2.36. The first-order chi connectivity index (χ1) is 19.6. The number of aryl methyl sites for hydroxylation is 1. The van der Waals surface area contributed by atoms with Gasteiger partial charge < -0.3 is 14.2 Å². The third kappa shape index (κ3) is 5.12. The van der Waals surface area contributed by atoms with Crippen LogP contribution in [0.4, 0.5) is 0 Å². The average molecular weight is 533 g/mol. The third-order valence-electron chi connectivity index (χ3n) is 7.58. The van der Waals surface area contributed by atoms with Gasteiger partial charge in [-0.15, -0.1) is 5.10 Å². The molecule has 1 amide bonds. The molecule has 0 radical (unpaired) electrons. The number of nitrogens with zero attached hydrogens (tertiary/aromatic N) is 6. The monoisotopic (exact) mass is 532 g/mol. The molecule has 40 heavy (non-hydrogen) atoms. The molecule has 6 rings (SSSR count). The second kappa shape index (κ2) is 11.2. The Morgan fingerprint density at radius 1 is 0.925 bits per heavy atom. The second-order valence-corrected chi connectivity index (χ2v) is 10.2. The number of hydrogen-bond donors (Lipinski definition) is 0. The van der Waals surface area contributed by atoms with Gasteiger partial charge in [0, 0.05) is 11.8 Å². The van der Waals surface area contributed by atoms with Gasteiger partial charge in [-0.2, -0.15) is 0 Å². The molecule has 0 bridgehead atoms. The summed E-state index contributed by atoms with van der Waals surface area (Å²) in [6, 6.07) is 26.6. The molecule has 5 aromatic rings. The molecule has 3 heterocycles. The summed E-state index contributed by atoms with van der Waals surface area (Å²) in [6.45, 7) is 2.06. The fourth-order valence-electron chi connectivity index (χ4n) is 5.68. The maximum Gasteiger partial charge on any atom is 0.245 e. The molecule has 3 aromatic carbocycles. The van der Waals surface area contributed by atoms with Gasteiger partial charge in [0.1, 0.15) is 18.0 Å². The quantitative estimate of drug-likeness (QED) is 0.259. The maximum absolute atomic E-state index is 14.0. The number of likely N-dealkylation sites (tertiary alicyclic amines) is 1. The summed E-state index contributed by atoms with van der Waals surface area (Å²) in [5.41, 5.74) is 5.68. The van der Waals surface area contributed by atoms with Crippen molar-refractivity contribution in [2.75, 3.05) is 7.11 Å². The number of aromatic nitrogens is 5. The largest absolute Gasteiger partial charge is 0.495 e. The zero-order valence-corrected chi connectivity index (χ0v) is 22.7. The van der Waals surface area contributed by atoms with Gasteiger partial charge in [-0.05, 0) is 49.4 Å². The van der Waals surface area contributed by atoms with Gasteiger partial charge in [0.05, 0.1) is 43.1 Å². The Labute approximate surface area is 233 Å². The summed E-state index contributed by atoms with van der Waals surface area (Å²) < 4.78 is 9.23. The molecule has 0 saturated carbocycles. The fraction of sp³-hybridized carbons (Fsp3) is 0.250. The maximum atomic E-state index is 14.0. The van der Waals surface area contributed by atoms with E-state index in [1.807, 2.05) is 78.5 Å². The van der Waals surface area contributed by atoms with Crippen molar-refractivity contribution in [3.63, 3.8) is 0 Å². The van der Waals surface area contributed by atoms with E-state index in [-0.39, 0.29) is 24.5 Å². The summed E-state index contributed by atoms with van der Waals surface area (Å²) in [5.74, 6) is 0.729. The van der Waals surface area contributed by atoms with Crippen molar-refractivity contribution in [1.29, 1.82) is 0 Å². The minimum atomic E-state index is 0.0132. The molecule has 2 unspecified atom stereocenters. The highest BCUT2D eigenvalue weighted by molar-refractivity contribution is 5.77. The molecule has 1 aliphatic rings. The number of imidazole rings is 1. The Kier molecular flexibility index (Phi) is 7.14. The Bertz CT molecular complexity index is 1550. The van der Waals surface area contributed by atoms with E-state index in [0.29, 0.717) is 11.4 Å². The van der Waals surface area contributed by atoms with Gasteiger partial charge in [0.15, 0.2) is 0 Å². The molecule has 0 spiro atoms. The molecule has 1 fully saturated rings. The fourth-order valence-corrected chi connectivity index (χ4v) is 5.68.